The van der Waals surface area contributed by atoms with Gasteiger partial charge in [0, 0.05) is 10.9 Å². The Morgan fingerprint density at radius 2 is 1.22 bits per heavy atom. The molecule has 0 bridgehead atoms. The summed E-state index contributed by atoms with van der Waals surface area (Å²) in [5.41, 5.74) is 7.58. The van der Waals surface area contributed by atoms with Crippen molar-refractivity contribution in [2.75, 3.05) is 0 Å². The highest BCUT2D eigenvalue weighted by Crippen LogP contribution is 2.40. The van der Waals surface area contributed by atoms with E-state index in [0.717, 1.165) is 10.6 Å². The lowest BCUT2D eigenvalue weighted by molar-refractivity contribution is 0.965. The van der Waals surface area contributed by atoms with Crippen molar-refractivity contribution >= 4 is 11.6 Å². The lowest BCUT2D eigenvalue weighted by Crippen LogP contribution is -2.07. The summed E-state index contributed by atoms with van der Waals surface area (Å²) in [5.74, 6) is 0.169. The van der Waals surface area contributed by atoms with Crippen molar-refractivity contribution in [2.45, 2.75) is 12.8 Å². The van der Waals surface area contributed by atoms with Crippen molar-refractivity contribution in [3.8, 4) is 11.1 Å². The van der Waals surface area contributed by atoms with Gasteiger partial charge in [-0.2, -0.15) is 0 Å². The highest BCUT2D eigenvalue weighted by molar-refractivity contribution is 6.30. The fourth-order valence-corrected chi connectivity index (χ4v) is 3.98. The van der Waals surface area contributed by atoms with Gasteiger partial charge in [0.2, 0.25) is 0 Å². The van der Waals surface area contributed by atoms with Crippen LogP contribution in [0.1, 0.15) is 28.2 Å². The minimum absolute atomic E-state index is 0.169. The predicted octanol–water partition coefficient (Wildman–Crippen LogP) is 7.50. The third-order valence-corrected chi connectivity index (χ3v) is 5.25. The van der Waals surface area contributed by atoms with E-state index >= 15 is 0 Å². The number of rotatable bonds is 4. The zero-order chi connectivity index (χ0) is 18.6. The lowest BCUT2D eigenvalue weighted by Gasteiger charge is -2.24. The molecule has 0 fully saturated rings. The second kappa shape index (κ2) is 7.82. The summed E-state index contributed by atoms with van der Waals surface area (Å²) in [5, 5.41) is 0.760. The molecule has 0 spiro atoms. The van der Waals surface area contributed by atoms with Gasteiger partial charge in [-0.3, -0.25) is 0 Å². The highest BCUT2D eigenvalue weighted by Gasteiger charge is 2.22. The van der Waals surface area contributed by atoms with Crippen molar-refractivity contribution < 1.29 is 0 Å². The molecule has 0 amide bonds. The Morgan fingerprint density at radius 1 is 0.630 bits per heavy atom. The smallest absolute Gasteiger partial charge is 0.0412 e. The SMILES string of the molecule is Cc1cccc(-c2cccc(Cl)c2)c1C(c1ccccc1)c1ccccc1. The number of aryl methyl sites for hydroxylation is 1. The van der Waals surface area contributed by atoms with E-state index in [-0.39, 0.29) is 5.92 Å². The van der Waals surface area contributed by atoms with Gasteiger partial charge < -0.3 is 0 Å². The Bertz CT molecular complexity index is 997. The van der Waals surface area contributed by atoms with Gasteiger partial charge in [-0.15, -0.1) is 0 Å². The molecule has 0 nitrogen and oxygen atoms in total. The van der Waals surface area contributed by atoms with Gasteiger partial charge in [-0.05, 0) is 52.4 Å². The van der Waals surface area contributed by atoms with Crippen LogP contribution in [0, 0.1) is 6.92 Å². The molecule has 132 valence electrons. The first kappa shape index (κ1) is 17.6. The van der Waals surface area contributed by atoms with Crippen LogP contribution < -0.4 is 0 Å². The first-order valence-corrected chi connectivity index (χ1v) is 9.57. The number of halogens is 1. The molecule has 0 aromatic heterocycles. The minimum Gasteiger partial charge on any atom is -0.0843 e. The number of hydrogen-bond donors (Lipinski definition) is 0. The molecule has 0 N–H and O–H groups in total. The second-order valence-corrected chi connectivity index (χ2v) is 7.24. The summed E-state index contributed by atoms with van der Waals surface area (Å²) in [6.07, 6.45) is 0. The van der Waals surface area contributed by atoms with E-state index in [2.05, 4.69) is 91.9 Å². The first-order valence-electron chi connectivity index (χ1n) is 9.19. The molecule has 0 saturated heterocycles. The molecule has 4 rings (SSSR count). The average molecular weight is 369 g/mol. The summed E-state index contributed by atoms with van der Waals surface area (Å²) >= 11 is 6.30. The maximum atomic E-state index is 6.30. The van der Waals surface area contributed by atoms with Crippen LogP contribution in [0.15, 0.2) is 103 Å². The van der Waals surface area contributed by atoms with Gasteiger partial charge in [0.05, 0.1) is 0 Å². The fraction of sp³-hybridized carbons (Fsp3) is 0.0769. The Labute approximate surface area is 166 Å². The number of benzene rings is 4. The molecule has 4 aromatic rings. The molecule has 27 heavy (non-hydrogen) atoms. The normalized spacial score (nSPS) is 10.9. The van der Waals surface area contributed by atoms with E-state index in [9.17, 15) is 0 Å². The summed E-state index contributed by atoms with van der Waals surface area (Å²) in [4.78, 5) is 0. The number of hydrogen-bond acceptors (Lipinski definition) is 0. The van der Waals surface area contributed by atoms with Crippen molar-refractivity contribution in [2.24, 2.45) is 0 Å². The Hall–Kier alpha value is -2.83. The summed E-state index contributed by atoms with van der Waals surface area (Å²) in [7, 11) is 0. The van der Waals surface area contributed by atoms with Crippen LogP contribution in [-0.2, 0) is 0 Å². The van der Waals surface area contributed by atoms with Gasteiger partial charge >= 0.3 is 0 Å². The van der Waals surface area contributed by atoms with Crippen molar-refractivity contribution in [3.05, 3.63) is 130 Å². The standard InChI is InChI=1S/C26H21Cl/c1-19-10-8-17-24(22-15-9-16-23(27)18-22)25(19)26(20-11-4-2-5-12-20)21-13-6-3-7-14-21/h2-18,26H,1H3. The molecule has 0 aliphatic heterocycles. The van der Waals surface area contributed by atoms with E-state index in [0.29, 0.717) is 0 Å². The monoisotopic (exact) mass is 368 g/mol. The third kappa shape index (κ3) is 3.67. The van der Waals surface area contributed by atoms with Crippen molar-refractivity contribution in [1.29, 1.82) is 0 Å². The molecule has 0 atom stereocenters. The lowest BCUT2D eigenvalue weighted by atomic mass is 9.79. The summed E-state index contributed by atoms with van der Waals surface area (Å²) < 4.78 is 0. The molecule has 0 aliphatic rings. The van der Waals surface area contributed by atoms with Gasteiger partial charge in [-0.25, -0.2) is 0 Å². The molecule has 0 radical (unpaired) electrons. The topological polar surface area (TPSA) is 0 Å². The van der Waals surface area contributed by atoms with Crippen LogP contribution >= 0.6 is 11.6 Å². The van der Waals surface area contributed by atoms with Crippen molar-refractivity contribution in [3.63, 3.8) is 0 Å². The summed E-state index contributed by atoms with van der Waals surface area (Å²) in [6, 6.07) is 36.1. The van der Waals surface area contributed by atoms with E-state index in [1.165, 1.54) is 27.8 Å². The van der Waals surface area contributed by atoms with E-state index in [1.54, 1.807) is 0 Å². The zero-order valence-corrected chi connectivity index (χ0v) is 16.0. The Kier molecular flexibility index (Phi) is 5.09. The molecule has 0 unspecified atom stereocenters. The molecule has 0 aliphatic carbocycles. The van der Waals surface area contributed by atoms with E-state index < -0.39 is 0 Å². The van der Waals surface area contributed by atoms with E-state index in [4.69, 9.17) is 11.6 Å². The van der Waals surface area contributed by atoms with Crippen LogP contribution in [0.5, 0.6) is 0 Å². The largest absolute Gasteiger partial charge is 0.0843 e. The molecule has 4 aromatic carbocycles. The summed E-state index contributed by atoms with van der Waals surface area (Å²) in [6.45, 7) is 2.20. The minimum atomic E-state index is 0.169. The zero-order valence-electron chi connectivity index (χ0n) is 15.3. The highest BCUT2D eigenvalue weighted by atomic mass is 35.5. The van der Waals surface area contributed by atoms with Gasteiger partial charge in [0.1, 0.15) is 0 Å². The third-order valence-electron chi connectivity index (χ3n) is 5.01. The van der Waals surface area contributed by atoms with Gasteiger partial charge in [0.25, 0.3) is 0 Å². The van der Waals surface area contributed by atoms with Gasteiger partial charge in [-0.1, -0.05) is 103 Å². The van der Waals surface area contributed by atoms with Crippen LogP contribution in [-0.4, -0.2) is 0 Å². The maximum Gasteiger partial charge on any atom is 0.0412 e. The van der Waals surface area contributed by atoms with Gasteiger partial charge in [0.15, 0.2) is 0 Å². The molecular formula is C26H21Cl. The molecule has 0 heterocycles. The maximum absolute atomic E-state index is 6.30. The molecule has 1 heteroatoms. The van der Waals surface area contributed by atoms with Crippen LogP contribution in [0.4, 0.5) is 0 Å². The Balaban J connectivity index is 1.99. The molecular weight excluding hydrogens is 348 g/mol. The van der Waals surface area contributed by atoms with Crippen LogP contribution in [0.2, 0.25) is 5.02 Å². The predicted molar refractivity (Wildman–Crippen MR) is 115 cm³/mol. The fourth-order valence-electron chi connectivity index (χ4n) is 3.79. The average Bonchev–Trinajstić information content (AvgIpc) is 2.71. The second-order valence-electron chi connectivity index (χ2n) is 6.80. The van der Waals surface area contributed by atoms with Crippen molar-refractivity contribution in [1.82, 2.24) is 0 Å². The van der Waals surface area contributed by atoms with E-state index in [1.807, 2.05) is 18.2 Å². The van der Waals surface area contributed by atoms with Crippen LogP contribution in [0.3, 0.4) is 0 Å². The quantitative estimate of drug-likeness (QED) is 0.327. The molecule has 0 saturated carbocycles. The Morgan fingerprint density at radius 3 is 1.81 bits per heavy atom. The van der Waals surface area contributed by atoms with Crippen LogP contribution in [0.25, 0.3) is 11.1 Å². The first-order chi connectivity index (χ1) is 13.2.